The van der Waals surface area contributed by atoms with Crippen LogP contribution in [0, 0.1) is 0 Å². The van der Waals surface area contributed by atoms with Crippen molar-refractivity contribution in [1.82, 2.24) is 0 Å². The molecule has 0 bridgehead atoms. The lowest BCUT2D eigenvalue weighted by molar-refractivity contribution is 1.54. The molecule has 1 aliphatic carbocycles. The maximum absolute atomic E-state index is 2.49. The van der Waals surface area contributed by atoms with Gasteiger partial charge in [-0.2, -0.15) is 0 Å². The average Bonchev–Trinajstić information content (AvgIpc) is 2.30. The molecule has 0 aliphatic heterocycles. The van der Waals surface area contributed by atoms with E-state index in [-0.39, 0.29) is 0 Å². The summed E-state index contributed by atoms with van der Waals surface area (Å²) in [6.45, 7) is 0. The third-order valence-electron chi connectivity index (χ3n) is 17.4. The van der Waals surface area contributed by atoms with Crippen LogP contribution in [-0.4, -0.2) is 0 Å². The monoisotopic (exact) mass is 1100 g/mol. The number of rotatable bonds is 9. The predicted octanol–water partition coefficient (Wildman–Crippen LogP) is 24.2. The Hall–Kier alpha value is -10.2. The van der Waals surface area contributed by atoms with Crippen LogP contribution in [0.2, 0.25) is 0 Å². The Morgan fingerprint density at radius 1 is 0.167 bits per heavy atom. The second-order valence-corrected chi connectivity index (χ2v) is 24.4. The van der Waals surface area contributed by atoms with Crippen molar-refractivity contribution in [2.45, 2.75) is 0 Å². The molecule has 14 aromatic carbocycles. The van der Waals surface area contributed by atoms with Gasteiger partial charge < -0.3 is 0 Å². The summed E-state index contributed by atoms with van der Waals surface area (Å²) in [5.74, 6) is 0. The van der Waals surface area contributed by atoms with Crippen LogP contribution in [0.4, 0.5) is 0 Å². The van der Waals surface area contributed by atoms with E-state index in [2.05, 4.69) is 303 Å². The molecule has 0 amide bonds. The van der Waals surface area contributed by atoms with Gasteiger partial charge in [0.05, 0.1) is 0 Å². The highest BCUT2D eigenvalue weighted by molar-refractivity contribution is 7.26. The Bertz CT molecular complexity index is 5320. The van der Waals surface area contributed by atoms with E-state index in [4.69, 9.17) is 0 Å². The van der Waals surface area contributed by atoms with Crippen LogP contribution in [0.15, 0.2) is 303 Å². The smallest absolute Gasteiger partial charge is 0.0355 e. The number of benzene rings is 14. The molecule has 2 heterocycles. The summed E-state index contributed by atoms with van der Waals surface area (Å²) in [6.07, 6.45) is 0. The Kier molecular flexibility index (Phi) is 11.4. The zero-order chi connectivity index (χ0) is 55.2. The molecule has 0 nitrogen and oxygen atoms in total. The third kappa shape index (κ3) is 8.17. The lowest BCUT2D eigenvalue weighted by atomic mass is 9.81. The third-order valence-corrected chi connectivity index (χ3v) is 19.7. The maximum Gasteiger partial charge on any atom is 0.0355 e. The fraction of sp³-hybridized carbons (Fsp3) is 0. The highest BCUT2D eigenvalue weighted by atomic mass is 32.1. The standard InChI is InChI=1S/C82H50S2/c1-2-16-51(17-3-1)71-50-72(65-30-12-28-61(46-65)57-24-8-20-53(42-57)55-22-10-26-59(44-55)63-38-40-77-73(48-63)67-32-4-6-36-75(67)83-77)81-69-34-14-18-52-19-15-35-70(79(52)69)82(81)80(71)66-31-13-29-62(47-66)58-25-9-21-54(43-58)56-23-11-27-60(45-56)64-39-41-78-74(49-64)68-33-5-7-37-76(68)84-78/h1-50H. The van der Waals surface area contributed by atoms with Crippen LogP contribution in [-0.2, 0) is 0 Å². The maximum atomic E-state index is 2.49. The lowest BCUT2D eigenvalue weighted by Gasteiger charge is -2.21. The molecule has 0 saturated heterocycles. The van der Waals surface area contributed by atoms with Crippen molar-refractivity contribution in [3.05, 3.63) is 303 Å². The molecule has 390 valence electrons. The van der Waals surface area contributed by atoms with E-state index in [1.54, 1.807) is 0 Å². The molecule has 0 atom stereocenters. The van der Waals surface area contributed by atoms with E-state index in [0.717, 1.165) is 0 Å². The number of thiophene rings is 2. The average molecular weight is 1100 g/mol. The number of fused-ring (bicyclic) bond motifs is 9. The van der Waals surface area contributed by atoms with Crippen molar-refractivity contribution < 1.29 is 0 Å². The van der Waals surface area contributed by atoms with Crippen molar-refractivity contribution in [2.75, 3.05) is 0 Å². The Morgan fingerprint density at radius 3 is 0.976 bits per heavy atom. The van der Waals surface area contributed by atoms with E-state index < -0.39 is 0 Å². The largest absolute Gasteiger partial charge is 0.135 e. The van der Waals surface area contributed by atoms with E-state index >= 15 is 0 Å². The molecular formula is C82H50S2. The molecule has 0 N–H and O–H groups in total. The topological polar surface area (TPSA) is 0 Å². The Balaban J connectivity index is 0.767. The first-order valence-corrected chi connectivity index (χ1v) is 30.5. The highest BCUT2D eigenvalue weighted by Gasteiger charge is 2.30. The van der Waals surface area contributed by atoms with Gasteiger partial charge in [0.2, 0.25) is 0 Å². The number of hydrogen-bond donors (Lipinski definition) is 0. The molecular weight excluding hydrogens is 1050 g/mol. The summed E-state index contributed by atoms with van der Waals surface area (Å²) < 4.78 is 5.30. The molecule has 1 aliphatic rings. The van der Waals surface area contributed by atoms with Gasteiger partial charge in [0.15, 0.2) is 0 Å². The zero-order valence-corrected chi connectivity index (χ0v) is 47.3. The molecule has 0 unspecified atom stereocenters. The molecule has 2 heteroatoms. The summed E-state index contributed by atoms with van der Waals surface area (Å²) >= 11 is 3.73. The summed E-state index contributed by atoms with van der Waals surface area (Å²) in [5, 5.41) is 7.85. The van der Waals surface area contributed by atoms with Crippen LogP contribution < -0.4 is 0 Å². The molecule has 0 fully saturated rings. The van der Waals surface area contributed by atoms with Gasteiger partial charge in [-0.1, -0.05) is 224 Å². The fourth-order valence-electron chi connectivity index (χ4n) is 13.4. The zero-order valence-electron chi connectivity index (χ0n) is 45.7. The number of hydrogen-bond acceptors (Lipinski definition) is 2. The van der Waals surface area contributed by atoms with Crippen molar-refractivity contribution >= 4 is 73.8 Å². The van der Waals surface area contributed by atoms with Crippen molar-refractivity contribution in [2.24, 2.45) is 0 Å². The quantitative estimate of drug-likeness (QED) is 0.135. The van der Waals surface area contributed by atoms with Crippen molar-refractivity contribution in [3.63, 3.8) is 0 Å². The minimum absolute atomic E-state index is 1.18. The van der Waals surface area contributed by atoms with E-state index in [1.807, 2.05) is 22.7 Å². The second-order valence-electron chi connectivity index (χ2n) is 22.3. The van der Waals surface area contributed by atoms with Crippen LogP contribution in [0.25, 0.3) is 174 Å². The summed E-state index contributed by atoms with van der Waals surface area (Å²) in [4.78, 5) is 0. The first-order chi connectivity index (χ1) is 41.6. The normalized spacial score (nSPS) is 11.8. The Morgan fingerprint density at radius 2 is 0.500 bits per heavy atom. The lowest BCUT2D eigenvalue weighted by Crippen LogP contribution is -1.95. The van der Waals surface area contributed by atoms with Crippen LogP contribution in [0.1, 0.15) is 0 Å². The first kappa shape index (κ1) is 48.5. The van der Waals surface area contributed by atoms with Crippen LogP contribution >= 0.6 is 22.7 Å². The molecule has 17 rings (SSSR count). The predicted molar refractivity (Wildman–Crippen MR) is 363 cm³/mol. The molecule has 84 heavy (non-hydrogen) atoms. The van der Waals surface area contributed by atoms with Crippen LogP contribution in [0.5, 0.6) is 0 Å². The summed E-state index contributed by atoms with van der Waals surface area (Å²) in [6, 6.07) is 113. The van der Waals surface area contributed by atoms with Crippen LogP contribution in [0.3, 0.4) is 0 Å². The van der Waals surface area contributed by atoms with Gasteiger partial charge in [-0.25, -0.2) is 0 Å². The SMILES string of the molecule is c1ccc(-c2cc(-c3cccc(-c4cccc(-c5cccc(-c6ccc7sc8ccccc8c7c6)c5)c4)c3)c3c(c2-c2cccc(-c4cccc(-c5cccc(-c6ccc7sc8ccccc8c7c6)c5)c4)c2)-c2cccc4cccc-3c24)cc1. The van der Waals surface area contributed by atoms with Gasteiger partial charge in [-0.15, -0.1) is 22.7 Å². The van der Waals surface area contributed by atoms with E-state index in [0.29, 0.717) is 0 Å². The Labute approximate surface area is 496 Å². The van der Waals surface area contributed by atoms with Gasteiger partial charge >= 0.3 is 0 Å². The van der Waals surface area contributed by atoms with Gasteiger partial charge in [0.25, 0.3) is 0 Å². The van der Waals surface area contributed by atoms with Gasteiger partial charge in [-0.05, 0) is 212 Å². The molecule has 0 radical (unpaired) electrons. The first-order valence-electron chi connectivity index (χ1n) is 28.9. The molecule has 2 aromatic heterocycles. The molecule has 0 spiro atoms. The minimum atomic E-state index is 1.18. The van der Waals surface area contributed by atoms with Gasteiger partial charge in [0.1, 0.15) is 0 Å². The van der Waals surface area contributed by atoms with Crippen molar-refractivity contribution in [1.29, 1.82) is 0 Å². The summed E-state index contributed by atoms with van der Waals surface area (Å²) in [5.41, 5.74) is 26.8. The second kappa shape index (κ2) is 19.8. The van der Waals surface area contributed by atoms with E-state index in [9.17, 15) is 0 Å². The molecule has 16 aromatic rings. The van der Waals surface area contributed by atoms with Crippen molar-refractivity contribution in [3.8, 4) is 122 Å². The molecule has 0 saturated carbocycles. The summed E-state index contributed by atoms with van der Waals surface area (Å²) in [7, 11) is 0. The van der Waals surface area contributed by atoms with Gasteiger partial charge in [0, 0.05) is 40.3 Å². The van der Waals surface area contributed by atoms with E-state index in [1.165, 1.54) is 174 Å². The minimum Gasteiger partial charge on any atom is -0.135 e. The van der Waals surface area contributed by atoms with Gasteiger partial charge in [-0.3, -0.25) is 0 Å². The highest BCUT2D eigenvalue weighted by Crippen LogP contribution is 2.58. The fourth-order valence-corrected chi connectivity index (χ4v) is 15.6.